The van der Waals surface area contributed by atoms with E-state index in [0.717, 1.165) is 5.96 Å². The monoisotopic (exact) mass is 529 g/mol. The maximum Gasteiger partial charge on any atom is 0.194 e. The van der Waals surface area contributed by atoms with Gasteiger partial charge in [0.15, 0.2) is 15.8 Å². The Morgan fingerprint density at radius 2 is 2.15 bits per heavy atom. The van der Waals surface area contributed by atoms with Crippen molar-refractivity contribution in [1.29, 1.82) is 0 Å². The van der Waals surface area contributed by atoms with Gasteiger partial charge in [-0.2, -0.15) is 0 Å². The highest BCUT2D eigenvalue weighted by molar-refractivity contribution is 14.0. The molecule has 1 aromatic rings. The lowest BCUT2D eigenvalue weighted by molar-refractivity contribution is 0.229. The average Bonchev–Trinajstić information content (AvgIpc) is 2.54. The Bertz CT molecular complexity index is 756. The van der Waals surface area contributed by atoms with Crippen LogP contribution >= 0.6 is 35.6 Å². The van der Waals surface area contributed by atoms with Gasteiger partial charge in [-0.05, 0) is 45.9 Å². The summed E-state index contributed by atoms with van der Waals surface area (Å²) in [7, 11) is -3.08. The van der Waals surface area contributed by atoms with Gasteiger partial charge in [0.2, 0.25) is 0 Å². The lowest BCUT2D eigenvalue weighted by atomic mass is 10.2. The average molecular weight is 530 g/mol. The summed E-state index contributed by atoms with van der Waals surface area (Å²) in [6.07, 6.45) is -0.136. The van der Waals surface area contributed by atoms with E-state index in [1.807, 2.05) is 30.9 Å². The van der Waals surface area contributed by atoms with Gasteiger partial charge in [0, 0.05) is 24.7 Å². The summed E-state index contributed by atoms with van der Waals surface area (Å²) in [6.45, 7) is 9.51. The Hall–Kier alpha value is -0.740. The minimum Gasteiger partial charge on any atom is -0.489 e. The number of benzene rings is 1. The molecule has 0 bridgehead atoms. The zero-order valence-electron chi connectivity index (χ0n) is 16.2. The van der Waals surface area contributed by atoms with Crippen molar-refractivity contribution in [3.8, 4) is 5.75 Å². The van der Waals surface area contributed by atoms with Crippen molar-refractivity contribution in [1.82, 2.24) is 10.2 Å². The van der Waals surface area contributed by atoms with Crippen LogP contribution in [0.3, 0.4) is 0 Å². The normalized spacial score (nSPS) is 19.7. The molecule has 154 valence electrons. The topological polar surface area (TPSA) is 71.0 Å². The van der Waals surface area contributed by atoms with E-state index in [2.05, 4.69) is 10.3 Å². The van der Waals surface area contributed by atoms with E-state index < -0.39 is 14.6 Å². The van der Waals surface area contributed by atoms with Crippen LogP contribution in [-0.2, 0) is 9.84 Å². The van der Waals surface area contributed by atoms with Gasteiger partial charge < -0.3 is 15.0 Å². The molecule has 1 saturated heterocycles. The number of halogens is 2. The molecule has 6 nitrogen and oxygen atoms in total. The van der Waals surface area contributed by atoms with Crippen molar-refractivity contribution in [2.45, 2.75) is 38.5 Å². The molecule has 1 heterocycles. The van der Waals surface area contributed by atoms with Crippen LogP contribution in [0, 0.1) is 0 Å². The Balaban J connectivity index is 0.00000364. The van der Waals surface area contributed by atoms with Gasteiger partial charge in [0.1, 0.15) is 11.9 Å². The maximum atomic E-state index is 12.2. The van der Waals surface area contributed by atoms with Gasteiger partial charge in [-0.1, -0.05) is 17.7 Å². The van der Waals surface area contributed by atoms with Crippen molar-refractivity contribution < 1.29 is 13.2 Å². The van der Waals surface area contributed by atoms with Crippen molar-refractivity contribution in [2.24, 2.45) is 4.99 Å². The van der Waals surface area contributed by atoms with Crippen LogP contribution in [0.25, 0.3) is 0 Å². The molecule has 0 aromatic heterocycles. The Morgan fingerprint density at radius 3 is 2.74 bits per heavy atom. The molecule has 27 heavy (non-hydrogen) atoms. The van der Waals surface area contributed by atoms with Crippen molar-refractivity contribution in [3.05, 3.63) is 29.3 Å². The molecule has 1 unspecified atom stereocenters. The third-order valence-electron chi connectivity index (χ3n) is 4.31. The van der Waals surface area contributed by atoms with Gasteiger partial charge in [-0.25, -0.2) is 13.4 Å². The lowest BCUT2D eigenvalue weighted by Gasteiger charge is -2.39. The highest BCUT2D eigenvalue weighted by atomic mass is 127. The standard InChI is InChI=1S/C18H28ClN3O3S.HI/c1-5-20-17(22-9-10-26(23,24)18(3,4)13-22)21-12-14(2)25-16-8-6-7-15(19)11-16;/h6-8,11,14H,5,9-10,12-13H2,1-4H3,(H,20,21);1H. The quantitative estimate of drug-likeness (QED) is 0.360. The molecule has 1 aliphatic rings. The van der Waals surface area contributed by atoms with E-state index in [0.29, 0.717) is 37.0 Å². The van der Waals surface area contributed by atoms with Crippen LogP contribution in [0.15, 0.2) is 29.3 Å². The van der Waals surface area contributed by atoms with E-state index >= 15 is 0 Å². The van der Waals surface area contributed by atoms with E-state index in [9.17, 15) is 8.42 Å². The van der Waals surface area contributed by atoms with Gasteiger partial charge in [0.25, 0.3) is 0 Å². The van der Waals surface area contributed by atoms with E-state index in [4.69, 9.17) is 16.3 Å². The molecular weight excluding hydrogens is 501 g/mol. The second-order valence-electron chi connectivity index (χ2n) is 7.08. The van der Waals surface area contributed by atoms with Gasteiger partial charge >= 0.3 is 0 Å². The molecular formula is C18H29ClIN3O3S. The Labute approximate surface area is 184 Å². The fourth-order valence-corrected chi connectivity index (χ4v) is 4.32. The molecule has 2 rings (SSSR count). The summed E-state index contributed by atoms with van der Waals surface area (Å²) in [5.41, 5.74) is 0. The highest BCUT2D eigenvalue weighted by Gasteiger charge is 2.40. The van der Waals surface area contributed by atoms with Gasteiger partial charge in [-0.15, -0.1) is 24.0 Å². The van der Waals surface area contributed by atoms with Crippen molar-refractivity contribution in [2.75, 3.05) is 31.9 Å². The minimum atomic E-state index is -3.08. The van der Waals surface area contributed by atoms with Gasteiger partial charge in [0.05, 0.1) is 17.0 Å². The fourth-order valence-electron chi connectivity index (χ4n) is 2.78. The molecule has 9 heteroatoms. The van der Waals surface area contributed by atoms with E-state index in [1.54, 1.807) is 26.0 Å². The predicted octanol–water partition coefficient (Wildman–Crippen LogP) is 3.20. The molecule has 1 aliphatic heterocycles. The van der Waals surface area contributed by atoms with E-state index in [-0.39, 0.29) is 35.8 Å². The second kappa shape index (κ2) is 10.2. The minimum absolute atomic E-state index is 0. The predicted molar refractivity (Wildman–Crippen MR) is 122 cm³/mol. The Kier molecular flexibility index (Phi) is 9.14. The number of nitrogens with zero attached hydrogens (tertiary/aromatic N) is 2. The molecule has 0 amide bonds. The second-order valence-corrected chi connectivity index (χ2v) is 10.3. The molecule has 0 radical (unpaired) electrons. The van der Waals surface area contributed by atoms with Crippen LogP contribution in [0.1, 0.15) is 27.7 Å². The molecule has 1 N–H and O–H groups in total. The third-order valence-corrected chi connectivity index (χ3v) is 7.08. The smallest absolute Gasteiger partial charge is 0.194 e. The first kappa shape index (κ1) is 24.3. The Morgan fingerprint density at radius 1 is 1.44 bits per heavy atom. The summed E-state index contributed by atoms with van der Waals surface area (Å²) in [6, 6.07) is 7.26. The first-order chi connectivity index (χ1) is 12.1. The summed E-state index contributed by atoms with van der Waals surface area (Å²) >= 11 is 5.98. The van der Waals surface area contributed by atoms with Gasteiger partial charge in [-0.3, -0.25) is 0 Å². The summed E-state index contributed by atoms with van der Waals surface area (Å²) in [5.74, 6) is 1.56. The number of guanidine groups is 1. The molecule has 1 atom stereocenters. The van der Waals surface area contributed by atoms with Crippen LogP contribution < -0.4 is 10.1 Å². The number of hydrogen-bond acceptors (Lipinski definition) is 4. The zero-order chi connectivity index (χ0) is 19.4. The summed E-state index contributed by atoms with van der Waals surface area (Å²) < 4.78 is 29.5. The molecule has 1 aromatic carbocycles. The maximum absolute atomic E-state index is 12.2. The number of ether oxygens (including phenoxy) is 1. The SMILES string of the molecule is CCNC(=NCC(C)Oc1cccc(Cl)c1)N1CCS(=O)(=O)C(C)(C)C1.I. The van der Waals surface area contributed by atoms with Crippen LogP contribution in [0.5, 0.6) is 5.75 Å². The number of sulfone groups is 1. The van der Waals surface area contributed by atoms with Crippen molar-refractivity contribution >= 4 is 51.4 Å². The lowest BCUT2D eigenvalue weighted by Crippen LogP contribution is -2.57. The number of rotatable bonds is 5. The number of aliphatic imine (C=N–C) groups is 1. The third kappa shape index (κ3) is 6.67. The largest absolute Gasteiger partial charge is 0.489 e. The number of nitrogens with one attached hydrogen (secondary N) is 1. The fraction of sp³-hybridized carbons (Fsp3) is 0.611. The number of hydrogen-bond donors (Lipinski definition) is 1. The summed E-state index contributed by atoms with van der Waals surface area (Å²) in [4.78, 5) is 6.66. The zero-order valence-corrected chi connectivity index (χ0v) is 20.1. The van der Waals surface area contributed by atoms with Crippen LogP contribution in [0.2, 0.25) is 5.02 Å². The highest BCUT2D eigenvalue weighted by Crippen LogP contribution is 2.24. The first-order valence-corrected chi connectivity index (χ1v) is 10.9. The van der Waals surface area contributed by atoms with Crippen LogP contribution in [-0.4, -0.2) is 62.1 Å². The molecule has 0 aliphatic carbocycles. The molecule has 1 fully saturated rings. The first-order valence-electron chi connectivity index (χ1n) is 8.82. The van der Waals surface area contributed by atoms with Crippen molar-refractivity contribution in [3.63, 3.8) is 0 Å². The van der Waals surface area contributed by atoms with E-state index in [1.165, 1.54) is 0 Å². The summed E-state index contributed by atoms with van der Waals surface area (Å²) in [5, 5.41) is 3.88. The van der Waals surface area contributed by atoms with Crippen LogP contribution in [0.4, 0.5) is 0 Å². The molecule has 0 spiro atoms. The molecule has 0 saturated carbocycles.